The van der Waals surface area contributed by atoms with Gasteiger partial charge in [0.1, 0.15) is 5.75 Å². The summed E-state index contributed by atoms with van der Waals surface area (Å²) in [5.74, 6) is -0.772. The molecule has 0 amide bonds. The third-order valence-corrected chi connectivity index (χ3v) is 4.33. The molecule has 0 aliphatic heterocycles. The second-order valence-corrected chi connectivity index (χ2v) is 6.15. The standard InChI is InChI=1S/C15H17BrN2O3/c1-7(2)9-5-10(16)8(3)13(14(9)19)12-6-11(15(20)21)17-18(12)4/h5-7,19H,1-4H3,(H,20,21). The quantitative estimate of drug-likeness (QED) is 0.883. The second kappa shape index (κ2) is 5.52. The fourth-order valence-electron chi connectivity index (χ4n) is 2.31. The number of phenols is 1. The van der Waals surface area contributed by atoms with Crippen molar-refractivity contribution >= 4 is 21.9 Å². The number of benzene rings is 1. The second-order valence-electron chi connectivity index (χ2n) is 5.29. The van der Waals surface area contributed by atoms with Crippen LogP contribution in [0.4, 0.5) is 0 Å². The van der Waals surface area contributed by atoms with E-state index in [2.05, 4.69) is 21.0 Å². The van der Waals surface area contributed by atoms with Crippen LogP contribution in [0.2, 0.25) is 0 Å². The van der Waals surface area contributed by atoms with Crippen molar-refractivity contribution in [2.24, 2.45) is 7.05 Å². The summed E-state index contributed by atoms with van der Waals surface area (Å²) in [7, 11) is 1.66. The van der Waals surface area contributed by atoms with Crippen molar-refractivity contribution in [3.05, 3.63) is 33.4 Å². The van der Waals surface area contributed by atoms with Crippen molar-refractivity contribution in [1.29, 1.82) is 0 Å². The Balaban J connectivity index is 2.77. The summed E-state index contributed by atoms with van der Waals surface area (Å²) in [4.78, 5) is 11.1. The molecule has 6 heteroatoms. The van der Waals surface area contributed by atoms with Gasteiger partial charge in [-0.2, -0.15) is 5.10 Å². The van der Waals surface area contributed by atoms with E-state index in [1.165, 1.54) is 10.7 Å². The number of carboxylic acids is 1. The van der Waals surface area contributed by atoms with Crippen LogP contribution in [0, 0.1) is 6.92 Å². The number of nitrogens with zero attached hydrogens (tertiary/aromatic N) is 2. The van der Waals surface area contributed by atoms with Gasteiger partial charge in [0.15, 0.2) is 5.69 Å². The maximum absolute atomic E-state index is 11.1. The summed E-state index contributed by atoms with van der Waals surface area (Å²) in [6.07, 6.45) is 0. The zero-order valence-electron chi connectivity index (χ0n) is 12.3. The Hall–Kier alpha value is -1.82. The van der Waals surface area contributed by atoms with E-state index < -0.39 is 5.97 Å². The SMILES string of the molecule is Cc1c(Br)cc(C(C)C)c(O)c1-c1cc(C(=O)O)nn1C. The minimum absolute atomic E-state index is 0.0441. The first-order chi connectivity index (χ1) is 9.73. The molecule has 2 rings (SSSR count). The molecule has 5 nitrogen and oxygen atoms in total. The number of aromatic hydroxyl groups is 1. The van der Waals surface area contributed by atoms with Crippen LogP contribution >= 0.6 is 15.9 Å². The van der Waals surface area contributed by atoms with Crippen LogP contribution in [-0.4, -0.2) is 26.0 Å². The van der Waals surface area contributed by atoms with Crippen molar-refractivity contribution in [3.63, 3.8) is 0 Å². The van der Waals surface area contributed by atoms with Gasteiger partial charge in [0.2, 0.25) is 0 Å². The average molecular weight is 353 g/mol. The molecule has 1 aromatic carbocycles. The highest BCUT2D eigenvalue weighted by Crippen LogP contribution is 2.41. The van der Waals surface area contributed by atoms with Crippen LogP contribution in [0.3, 0.4) is 0 Å². The molecule has 0 aliphatic carbocycles. The van der Waals surface area contributed by atoms with Crippen molar-refractivity contribution in [2.45, 2.75) is 26.7 Å². The minimum atomic E-state index is -1.09. The molecule has 2 N–H and O–H groups in total. The van der Waals surface area contributed by atoms with Crippen LogP contribution in [0.5, 0.6) is 5.75 Å². The summed E-state index contributed by atoms with van der Waals surface area (Å²) in [6, 6.07) is 3.37. The summed E-state index contributed by atoms with van der Waals surface area (Å²) < 4.78 is 2.35. The molecule has 0 saturated heterocycles. The van der Waals surface area contributed by atoms with E-state index in [-0.39, 0.29) is 17.4 Å². The molecule has 21 heavy (non-hydrogen) atoms. The summed E-state index contributed by atoms with van der Waals surface area (Å²) in [5, 5.41) is 23.6. The Morgan fingerprint density at radius 3 is 2.48 bits per heavy atom. The van der Waals surface area contributed by atoms with Gasteiger partial charge >= 0.3 is 5.97 Å². The molecule has 2 aromatic rings. The fraction of sp³-hybridized carbons (Fsp3) is 0.333. The molecule has 0 radical (unpaired) electrons. The van der Waals surface area contributed by atoms with E-state index in [1.54, 1.807) is 7.05 Å². The number of carbonyl (C=O) groups is 1. The first kappa shape index (κ1) is 15.6. The molecule has 1 aromatic heterocycles. The highest BCUT2D eigenvalue weighted by atomic mass is 79.9. The van der Waals surface area contributed by atoms with Crippen molar-refractivity contribution in [1.82, 2.24) is 9.78 Å². The van der Waals surface area contributed by atoms with E-state index in [0.29, 0.717) is 11.3 Å². The predicted molar refractivity (Wildman–Crippen MR) is 83.8 cm³/mol. The van der Waals surface area contributed by atoms with E-state index in [9.17, 15) is 9.90 Å². The number of hydrogen-bond acceptors (Lipinski definition) is 3. The highest BCUT2D eigenvalue weighted by Gasteiger charge is 2.21. The Morgan fingerprint density at radius 1 is 1.38 bits per heavy atom. The number of aryl methyl sites for hydroxylation is 1. The molecule has 0 saturated carbocycles. The molecule has 0 bridgehead atoms. The molecule has 0 spiro atoms. The number of aromatic nitrogens is 2. The lowest BCUT2D eigenvalue weighted by Crippen LogP contribution is -2.00. The zero-order valence-corrected chi connectivity index (χ0v) is 13.9. The number of halogens is 1. The minimum Gasteiger partial charge on any atom is -0.507 e. The molecule has 1 heterocycles. The van der Waals surface area contributed by atoms with Gasteiger partial charge in [-0.05, 0) is 36.1 Å². The topological polar surface area (TPSA) is 75.3 Å². The predicted octanol–water partition coefficient (Wildman–Crippen LogP) is 3.69. The maximum atomic E-state index is 11.1. The van der Waals surface area contributed by atoms with Crippen LogP contribution in [0.15, 0.2) is 16.6 Å². The summed E-state index contributed by atoms with van der Waals surface area (Å²) in [6.45, 7) is 5.86. The Bertz CT molecular complexity index is 720. The fourth-order valence-corrected chi connectivity index (χ4v) is 2.76. The van der Waals surface area contributed by atoms with Gasteiger partial charge in [0.05, 0.1) is 5.69 Å². The summed E-state index contributed by atoms with van der Waals surface area (Å²) >= 11 is 3.50. The highest BCUT2D eigenvalue weighted by molar-refractivity contribution is 9.10. The maximum Gasteiger partial charge on any atom is 0.356 e. The Kier molecular flexibility index (Phi) is 4.09. The van der Waals surface area contributed by atoms with Crippen LogP contribution in [0.1, 0.15) is 41.4 Å². The molecule has 0 unspecified atom stereocenters. The first-order valence-electron chi connectivity index (χ1n) is 6.53. The van der Waals surface area contributed by atoms with Crippen molar-refractivity contribution < 1.29 is 15.0 Å². The number of carboxylic acid groups (broad SMARTS) is 1. The molecular weight excluding hydrogens is 336 g/mol. The number of rotatable bonds is 3. The van der Waals surface area contributed by atoms with Gasteiger partial charge in [0.25, 0.3) is 0 Å². The molecule has 0 aliphatic rings. The molecular formula is C15H17BrN2O3. The number of phenolic OH excluding ortho intramolecular Hbond substituents is 1. The van der Waals surface area contributed by atoms with Crippen LogP contribution < -0.4 is 0 Å². The van der Waals surface area contributed by atoms with Gasteiger partial charge in [-0.1, -0.05) is 29.8 Å². The lowest BCUT2D eigenvalue weighted by molar-refractivity contribution is 0.0689. The third kappa shape index (κ3) is 2.68. The van der Waals surface area contributed by atoms with E-state index in [1.807, 2.05) is 26.8 Å². The molecule has 112 valence electrons. The van der Waals surface area contributed by atoms with Crippen molar-refractivity contribution in [2.75, 3.05) is 0 Å². The van der Waals surface area contributed by atoms with Crippen molar-refractivity contribution in [3.8, 4) is 17.0 Å². The van der Waals surface area contributed by atoms with Gasteiger partial charge in [-0.3, -0.25) is 4.68 Å². The van der Waals surface area contributed by atoms with Gasteiger partial charge in [-0.15, -0.1) is 0 Å². The number of hydrogen-bond donors (Lipinski definition) is 2. The van der Waals surface area contributed by atoms with E-state index in [0.717, 1.165) is 15.6 Å². The van der Waals surface area contributed by atoms with E-state index in [4.69, 9.17) is 5.11 Å². The molecule has 0 atom stereocenters. The lowest BCUT2D eigenvalue weighted by atomic mass is 9.94. The normalized spacial score (nSPS) is 11.1. The average Bonchev–Trinajstić information content (AvgIpc) is 2.76. The molecule has 0 fully saturated rings. The van der Waals surface area contributed by atoms with Gasteiger partial charge < -0.3 is 10.2 Å². The summed E-state index contributed by atoms with van der Waals surface area (Å²) in [5.41, 5.74) is 2.79. The smallest absolute Gasteiger partial charge is 0.356 e. The lowest BCUT2D eigenvalue weighted by Gasteiger charge is -2.17. The third-order valence-electron chi connectivity index (χ3n) is 3.50. The monoisotopic (exact) mass is 352 g/mol. The Labute approximate surface area is 131 Å². The van der Waals surface area contributed by atoms with E-state index >= 15 is 0 Å². The van der Waals surface area contributed by atoms with Gasteiger partial charge in [-0.25, -0.2) is 4.79 Å². The number of aromatic carboxylic acids is 1. The Morgan fingerprint density at radius 2 is 2.00 bits per heavy atom. The zero-order chi connectivity index (χ0) is 15.9. The largest absolute Gasteiger partial charge is 0.507 e. The van der Waals surface area contributed by atoms with Crippen LogP contribution in [0.25, 0.3) is 11.3 Å². The van der Waals surface area contributed by atoms with Gasteiger partial charge in [0, 0.05) is 17.1 Å². The van der Waals surface area contributed by atoms with Crippen LogP contribution in [-0.2, 0) is 7.05 Å². The first-order valence-corrected chi connectivity index (χ1v) is 7.33.